The molecular weight excluding hydrogens is 294 g/mol. The number of aromatic nitrogens is 2. The molecule has 0 bridgehead atoms. The predicted octanol–water partition coefficient (Wildman–Crippen LogP) is 3.68. The van der Waals surface area contributed by atoms with Crippen LogP contribution in [0.25, 0.3) is 5.69 Å². The molecule has 3 rings (SSSR count). The Morgan fingerprint density at radius 2 is 2.05 bits per heavy atom. The Hall–Kier alpha value is -2.40. The monoisotopic (exact) mass is 311 g/mol. The van der Waals surface area contributed by atoms with Crippen LogP contribution >= 0.6 is 11.3 Å². The van der Waals surface area contributed by atoms with Crippen molar-refractivity contribution in [1.29, 1.82) is 0 Å². The van der Waals surface area contributed by atoms with E-state index in [1.54, 1.807) is 11.3 Å². The zero-order valence-corrected chi connectivity index (χ0v) is 13.1. The fourth-order valence-electron chi connectivity index (χ4n) is 2.28. The van der Waals surface area contributed by atoms with E-state index in [1.807, 2.05) is 58.6 Å². The van der Waals surface area contributed by atoms with E-state index in [0.717, 1.165) is 22.7 Å². The van der Waals surface area contributed by atoms with Gasteiger partial charge < -0.3 is 5.32 Å². The molecule has 0 aliphatic rings. The van der Waals surface area contributed by atoms with Gasteiger partial charge in [-0.05, 0) is 30.0 Å². The fourth-order valence-corrected chi connectivity index (χ4v) is 2.99. The summed E-state index contributed by atoms with van der Waals surface area (Å²) in [5.74, 6) is 0.560. The molecule has 2 aromatic heterocycles. The van der Waals surface area contributed by atoms with Crippen molar-refractivity contribution in [2.75, 3.05) is 5.32 Å². The third-order valence-electron chi connectivity index (χ3n) is 3.33. The minimum atomic E-state index is -0.0391. The molecule has 0 saturated heterocycles. The van der Waals surface area contributed by atoms with Crippen LogP contribution in [0, 0.1) is 0 Å². The first-order chi connectivity index (χ1) is 10.8. The number of aryl methyl sites for hydroxylation is 1. The standard InChI is InChI=1S/C17H17N3OS/c1-2-13-11-16(18-17(21)12-15-9-6-10-22-15)19-20(13)14-7-4-3-5-8-14/h3-11H,2,12H2,1H3,(H,18,19,21). The van der Waals surface area contributed by atoms with E-state index in [1.165, 1.54) is 0 Å². The van der Waals surface area contributed by atoms with Crippen LogP contribution in [0.1, 0.15) is 17.5 Å². The molecule has 0 atom stereocenters. The number of carbonyl (C=O) groups is 1. The van der Waals surface area contributed by atoms with Crippen LogP contribution in [0.15, 0.2) is 53.9 Å². The molecule has 0 fully saturated rings. The summed E-state index contributed by atoms with van der Waals surface area (Å²) in [5, 5.41) is 9.36. The molecule has 0 aliphatic heterocycles. The van der Waals surface area contributed by atoms with Gasteiger partial charge in [0, 0.05) is 16.6 Å². The lowest BCUT2D eigenvalue weighted by atomic mass is 10.3. The number of nitrogens with zero attached hydrogens (tertiary/aromatic N) is 2. The second kappa shape index (κ2) is 6.58. The zero-order chi connectivity index (χ0) is 15.4. The highest BCUT2D eigenvalue weighted by atomic mass is 32.1. The number of benzene rings is 1. The molecular formula is C17H17N3OS. The highest BCUT2D eigenvalue weighted by molar-refractivity contribution is 7.10. The van der Waals surface area contributed by atoms with Crippen LogP contribution in [0.3, 0.4) is 0 Å². The summed E-state index contributed by atoms with van der Waals surface area (Å²) in [7, 11) is 0. The molecule has 0 aliphatic carbocycles. The van der Waals surface area contributed by atoms with Crippen LogP contribution in [-0.2, 0) is 17.6 Å². The van der Waals surface area contributed by atoms with Gasteiger partial charge in [0.15, 0.2) is 5.82 Å². The van der Waals surface area contributed by atoms with Gasteiger partial charge in [-0.2, -0.15) is 0 Å². The molecule has 1 amide bonds. The number of amides is 1. The molecule has 0 radical (unpaired) electrons. The van der Waals surface area contributed by atoms with E-state index in [2.05, 4.69) is 17.3 Å². The van der Waals surface area contributed by atoms with E-state index in [9.17, 15) is 4.79 Å². The lowest BCUT2D eigenvalue weighted by Gasteiger charge is -2.04. The highest BCUT2D eigenvalue weighted by Crippen LogP contribution is 2.17. The average Bonchev–Trinajstić information content (AvgIpc) is 3.17. The SMILES string of the molecule is CCc1cc(NC(=O)Cc2cccs2)nn1-c1ccccc1. The number of hydrogen-bond donors (Lipinski definition) is 1. The lowest BCUT2D eigenvalue weighted by Crippen LogP contribution is -2.14. The summed E-state index contributed by atoms with van der Waals surface area (Å²) in [6.07, 6.45) is 1.24. The second-order valence-electron chi connectivity index (χ2n) is 4.93. The van der Waals surface area contributed by atoms with Gasteiger partial charge in [-0.3, -0.25) is 4.79 Å². The molecule has 112 valence electrons. The Morgan fingerprint density at radius 3 is 2.73 bits per heavy atom. The van der Waals surface area contributed by atoms with Crippen molar-refractivity contribution in [2.24, 2.45) is 0 Å². The minimum absolute atomic E-state index is 0.0391. The van der Waals surface area contributed by atoms with Crippen molar-refractivity contribution in [2.45, 2.75) is 19.8 Å². The summed E-state index contributed by atoms with van der Waals surface area (Å²) in [4.78, 5) is 13.1. The van der Waals surface area contributed by atoms with Gasteiger partial charge in [0.05, 0.1) is 12.1 Å². The Kier molecular flexibility index (Phi) is 4.34. The number of thiophene rings is 1. The van der Waals surface area contributed by atoms with E-state index >= 15 is 0 Å². The van der Waals surface area contributed by atoms with Crippen LogP contribution in [0.5, 0.6) is 0 Å². The van der Waals surface area contributed by atoms with Gasteiger partial charge in [0.1, 0.15) is 0 Å². The van der Waals surface area contributed by atoms with E-state index in [4.69, 9.17) is 0 Å². The third kappa shape index (κ3) is 3.26. The summed E-state index contributed by atoms with van der Waals surface area (Å²) in [5.41, 5.74) is 2.07. The summed E-state index contributed by atoms with van der Waals surface area (Å²) in [6.45, 7) is 2.08. The number of nitrogens with one attached hydrogen (secondary N) is 1. The first kappa shape index (κ1) is 14.5. The molecule has 0 saturated carbocycles. The summed E-state index contributed by atoms with van der Waals surface area (Å²) >= 11 is 1.59. The van der Waals surface area contributed by atoms with Gasteiger partial charge >= 0.3 is 0 Å². The van der Waals surface area contributed by atoms with Crippen molar-refractivity contribution < 1.29 is 4.79 Å². The molecule has 1 aromatic carbocycles. The molecule has 3 aromatic rings. The first-order valence-electron chi connectivity index (χ1n) is 7.23. The fraction of sp³-hybridized carbons (Fsp3) is 0.176. The minimum Gasteiger partial charge on any atom is -0.309 e. The van der Waals surface area contributed by atoms with Crippen molar-refractivity contribution >= 4 is 23.1 Å². The quantitative estimate of drug-likeness (QED) is 0.781. The van der Waals surface area contributed by atoms with Crippen molar-refractivity contribution in [3.63, 3.8) is 0 Å². The normalized spacial score (nSPS) is 10.6. The Balaban J connectivity index is 1.77. The largest absolute Gasteiger partial charge is 0.309 e. The number of anilines is 1. The van der Waals surface area contributed by atoms with Crippen LogP contribution in [0.4, 0.5) is 5.82 Å². The van der Waals surface area contributed by atoms with Gasteiger partial charge in [-0.1, -0.05) is 31.2 Å². The van der Waals surface area contributed by atoms with Crippen molar-refractivity contribution in [1.82, 2.24) is 9.78 Å². The smallest absolute Gasteiger partial charge is 0.230 e. The van der Waals surface area contributed by atoms with Crippen LogP contribution < -0.4 is 5.32 Å². The molecule has 5 heteroatoms. The molecule has 2 heterocycles. The van der Waals surface area contributed by atoms with Crippen LogP contribution in [-0.4, -0.2) is 15.7 Å². The Labute approximate surface area is 133 Å². The van der Waals surface area contributed by atoms with Gasteiger partial charge in [-0.25, -0.2) is 4.68 Å². The molecule has 4 nitrogen and oxygen atoms in total. The number of hydrogen-bond acceptors (Lipinski definition) is 3. The predicted molar refractivity (Wildman–Crippen MR) is 89.6 cm³/mol. The molecule has 0 spiro atoms. The maximum Gasteiger partial charge on any atom is 0.230 e. The summed E-state index contributed by atoms with van der Waals surface area (Å²) < 4.78 is 1.88. The van der Waals surface area contributed by atoms with E-state index < -0.39 is 0 Å². The Bertz CT molecular complexity index is 748. The van der Waals surface area contributed by atoms with Gasteiger partial charge in [0.2, 0.25) is 5.91 Å². The number of rotatable bonds is 5. The topological polar surface area (TPSA) is 46.9 Å². The van der Waals surface area contributed by atoms with Gasteiger partial charge in [0.25, 0.3) is 0 Å². The van der Waals surface area contributed by atoms with E-state index in [-0.39, 0.29) is 5.91 Å². The average molecular weight is 311 g/mol. The molecule has 0 unspecified atom stereocenters. The second-order valence-corrected chi connectivity index (χ2v) is 5.96. The molecule has 1 N–H and O–H groups in total. The van der Waals surface area contributed by atoms with Crippen molar-refractivity contribution in [3.05, 3.63) is 64.5 Å². The molecule has 22 heavy (non-hydrogen) atoms. The number of para-hydroxylation sites is 1. The van der Waals surface area contributed by atoms with Crippen LogP contribution in [0.2, 0.25) is 0 Å². The van der Waals surface area contributed by atoms with E-state index in [0.29, 0.717) is 12.2 Å². The lowest BCUT2D eigenvalue weighted by molar-refractivity contribution is -0.115. The van der Waals surface area contributed by atoms with Crippen molar-refractivity contribution in [3.8, 4) is 5.69 Å². The maximum absolute atomic E-state index is 12.1. The third-order valence-corrected chi connectivity index (χ3v) is 4.20. The zero-order valence-electron chi connectivity index (χ0n) is 12.3. The maximum atomic E-state index is 12.1. The summed E-state index contributed by atoms with van der Waals surface area (Å²) in [6, 6.07) is 15.8. The highest BCUT2D eigenvalue weighted by Gasteiger charge is 2.11. The first-order valence-corrected chi connectivity index (χ1v) is 8.11. The number of carbonyl (C=O) groups excluding carboxylic acids is 1. The van der Waals surface area contributed by atoms with Gasteiger partial charge in [-0.15, -0.1) is 16.4 Å². The Morgan fingerprint density at radius 1 is 1.23 bits per heavy atom.